The van der Waals surface area contributed by atoms with E-state index in [-0.39, 0.29) is 11.5 Å². The minimum atomic E-state index is -0.489. The summed E-state index contributed by atoms with van der Waals surface area (Å²) >= 11 is 0. The highest BCUT2D eigenvalue weighted by Gasteiger charge is 2.66. The van der Waals surface area contributed by atoms with Crippen molar-refractivity contribution in [2.24, 2.45) is 39.5 Å². The average molecular weight is 447 g/mol. The molecule has 0 bridgehead atoms. The van der Waals surface area contributed by atoms with Gasteiger partial charge >= 0.3 is 0 Å². The molecule has 0 aromatic carbocycles. The van der Waals surface area contributed by atoms with Gasteiger partial charge in [-0.3, -0.25) is 10.4 Å². The van der Waals surface area contributed by atoms with Crippen LogP contribution in [0, 0.1) is 34.5 Å². The Kier molecular flexibility index (Phi) is 6.26. The molecule has 5 rings (SSSR count). The Morgan fingerprint density at radius 3 is 2.75 bits per heavy atom. The molecule has 0 aromatic rings. The van der Waals surface area contributed by atoms with E-state index in [4.69, 9.17) is 0 Å². The van der Waals surface area contributed by atoms with Crippen LogP contribution in [0.3, 0.4) is 0 Å². The number of hydrogen-bond donors (Lipinski definition) is 5. The summed E-state index contributed by atoms with van der Waals surface area (Å²) in [6.45, 7) is 7.75. The highest BCUT2D eigenvalue weighted by Crippen LogP contribution is 2.69. The van der Waals surface area contributed by atoms with Crippen LogP contribution in [0.2, 0.25) is 0 Å². The van der Waals surface area contributed by atoms with E-state index in [1.165, 1.54) is 32.1 Å². The van der Waals surface area contributed by atoms with Crippen LogP contribution in [0.15, 0.2) is 4.99 Å². The third-order valence-corrected chi connectivity index (χ3v) is 11.0. The second kappa shape index (κ2) is 8.74. The van der Waals surface area contributed by atoms with Crippen LogP contribution < -0.4 is 16.2 Å². The molecule has 5 aliphatic rings. The maximum Gasteiger partial charge on any atom is 0.205 e. The fraction of sp³-hybridized carbons (Fsp3) is 0.962. The average Bonchev–Trinajstić information content (AvgIpc) is 3.06. The highest BCUT2D eigenvalue weighted by atomic mass is 16.3. The Hall–Kier alpha value is -0.850. The molecule has 0 spiro atoms. The number of hydrazine groups is 1. The number of nitrogens with one attached hydrogen (secondary N) is 3. The Morgan fingerprint density at radius 1 is 1.06 bits per heavy atom. The second-order valence-electron chi connectivity index (χ2n) is 12.2. The fourth-order valence-electron chi connectivity index (χ4n) is 8.98. The predicted molar refractivity (Wildman–Crippen MR) is 128 cm³/mol. The largest absolute Gasteiger partial charge is 0.393 e. The Bertz CT molecular complexity index is 716. The van der Waals surface area contributed by atoms with Crippen molar-refractivity contribution in [2.45, 2.75) is 103 Å². The summed E-state index contributed by atoms with van der Waals surface area (Å²) in [5, 5.41) is 25.8. The topological polar surface area (TPSA) is 88.9 Å². The van der Waals surface area contributed by atoms with Crippen molar-refractivity contribution in [1.82, 2.24) is 16.2 Å². The molecule has 4 aliphatic carbocycles. The molecule has 0 saturated heterocycles. The smallest absolute Gasteiger partial charge is 0.205 e. The summed E-state index contributed by atoms with van der Waals surface area (Å²) in [6, 6.07) is 0. The lowest BCUT2D eigenvalue weighted by molar-refractivity contribution is -0.210. The molecule has 0 radical (unpaired) electrons. The van der Waals surface area contributed by atoms with E-state index in [1.54, 1.807) is 0 Å². The zero-order chi connectivity index (χ0) is 22.4. The van der Waals surface area contributed by atoms with Gasteiger partial charge in [-0.2, -0.15) is 0 Å². The zero-order valence-electron chi connectivity index (χ0n) is 20.3. The standard InChI is InChI=1S/C26H46N4O2/c1-24-11-9-20(31)17-19(24)6-7-22-21(24)10-12-25(2)18(8-13-26(22,25)32)5-3-16-29-30-23-27-14-4-15-28-23/h18-22,29,31-32H,3-17H2,1-2H3,(H2,27,28,30)/t18?,19?,20?,21-,22-,24+,25-,26-/m1/s1. The predicted octanol–water partition coefficient (Wildman–Crippen LogP) is 3.34. The molecule has 8 atom stereocenters. The van der Waals surface area contributed by atoms with Crippen LogP contribution in [0.25, 0.3) is 0 Å². The van der Waals surface area contributed by atoms with Crippen LogP contribution in [-0.4, -0.2) is 47.5 Å². The number of aliphatic hydroxyl groups excluding tert-OH is 1. The van der Waals surface area contributed by atoms with Gasteiger partial charge in [0.05, 0.1) is 11.7 Å². The summed E-state index contributed by atoms with van der Waals surface area (Å²) in [5.74, 6) is 3.24. The lowest BCUT2D eigenvalue weighted by Crippen LogP contribution is -2.62. The molecule has 0 amide bonds. The zero-order valence-corrected chi connectivity index (χ0v) is 20.3. The molecule has 1 heterocycles. The first-order chi connectivity index (χ1) is 15.4. The van der Waals surface area contributed by atoms with Gasteiger partial charge < -0.3 is 15.5 Å². The van der Waals surface area contributed by atoms with Crippen LogP contribution in [0.4, 0.5) is 0 Å². The number of rotatable bonds is 5. The monoisotopic (exact) mass is 446 g/mol. The van der Waals surface area contributed by atoms with Gasteiger partial charge in [0.2, 0.25) is 5.96 Å². The van der Waals surface area contributed by atoms with Crippen LogP contribution in [0.1, 0.15) is 90.9 Å². The van der Waals surface area contributed by atoms with Crippen molar-refractivity contribution in [3.8, 4) is 0 Å². The van der Waals surface area contributed by atoms with Crippen molar-refractivity contribution in [1.29, 1.82) is 0 Å². The molecule has 6 nitrogen and oxygen atoms in total. The van der Waals surface area contributed by atoms with Gasteiger partial charge in [0.25, 0.3) is 0 Å². The van der Waals surface area contributed by atoms with Gasteiger partial charge in [-0.1, -0.05) is 13.8 Å². The minimum absolute atomic E-state index is 0.0635. The molecular formula is C26H46N4O2. The second-order valence-corrected chi connectivity index (χ2v) is 12.2. The summed E-state index contributed by atoms with van der Waals surface area (Å²) in [6.07, 6.45) is 13.4. The van der Waals surface area contributed by atoms with E-state index in [1.807, 2.05) is 0 Å². The van der Waals surface area contributed by atoms with E-state index in [2.05, 4.69) is 35.0 Å². The highest BCUT2D eigenvalue weighted by molar-refractivity contribution is 5.79. The number of hydrogen-bond acceptors (Lipinski definition) is 6. The van der Waals surface area contributed by atoms with Crippen molar-refractivity contribution in [2.75, 3.05) is 19.6 Å². The molecule has 4 fully saturated rings. The normalized spacial score (nSPS) is 48.1. The van der Waals surface area contributed by atoms with E-state index in [0.29, 0.717) is 29.1 Å². The SMILES string of the molecule is C[C@]12CCC(O)CC1CC[C@@H]1[C@H]2CC[C@]2(C)C(CCCNNC3=NCCCN3)CC[C@@]12O. The van der Waals surface area contributed by atoms with Crippen molar-refractivity contribution in [3.05, 3.63) is 0 Å². The minimum Gasteiger partial charge on any atom is -0.393 e. The van der Waals surface area contributed by atoms with E-state index < -0.39 is 5.60 Å². The number of guanidine groups is 1. The lowest BCUT2D eigenvalue weighted by Gasteiger charge is -2.63. The molecule has 0 aromatic heterocycles. The molecule has 3 unspecified atom stereocenters. The Morgan fingerprint density at radius 2 is 1.94 bits per heavy atom. The Labute approximate surface area is 194 Å². The molecule has 182 valence electrons. The van der Waals surface area contributed by atoms with Crippen LogP contribution >= 0.6 is 0 Å². The van der Waals surface area contributed by atoms with E-state index in [9.17, 15) is 10.2 Å². The van der Waals surface area contributed by atoms with Crippen molar-refractivity contribution >= 4 is 5.96 Å². The Balaban J connectivity index is 1.19. The van der Waals surface area contributed by atoms with Gasteiger partial charge in [0.15, 0.2) is 0 Å². The maximum atomic E-state index is 12.3. The van der Waals surface area contributed by atoms with Gasteiger partial charge in [-0.25, -0.2) is 5.43 Å². The van der Waals surface area contributed by atoms with Crippen molar-refractivity contribution < 1.29 is 10.2 Å². The molecule has 32 heavy (non-hydrogen) atoms. The van der Waals surface area contributed by atoms with E-state index in [0.717, 1.165) is 70.5 Å². The third kappa shape index (κ3) is 3.69. The first-order valence-electron chi connectivity index (χ1n) is 13.5. The van der Waals surface area contributed by atoms with E-state index >= 15 is 0 Å². The molecule has 1 aliphatic heterocycles. The number of aliphatic hydroxyl groups is 2. The van der Waals surface area contributed by atoms with Gasteiger partial charge in [0, 0.05) is 19.6 Å². The van der Waals surface area contributed by atoms with Gasteiger partial charge in [-0.05, 0) is 112 Å². The van der Waals surface area contributed by atoms with Crippen molar-refractivity contribution in [3.63, 3.8) is 0 Å². The number of nitrogens with zero attached hydrogens (tertiary/aromatic N) is 1. The number of aliphatic imine (C=N–C) groups is 1. The summed E-state index contributed by atoms with van der Waals surface area (Å²) in [7, 11) is 0. The molecule has 5 N–H and O–H groups in total. The third-order valence-electron chi connectivity index (χ3n) is 11.0. The quantitative estimate of drug-likeness (QED) is 0.330. The molecular weight excluding hydrogens is 400 g/mol. The molecule has 4 saturated carbocycles. The fourth-order valence-corrected chi connectivity index (χ4v) is 8.98. The van der Waals surface area contributed by atoms with Gasteiger partial charge in [0.1, 0.15) is 0 Å². The molecule has 6 heteroatoms. The maximum absolute atomic E-state index is 12.3. The first-order valence-corrected chi connectivity index (χ1v) is 13.5. The summed E-state index contributed by atoms with van der Waals surface area (Å²) < 4.78 is 0. The van der Waals surface area contributed by atoms with Crippen LogP contribution in [0.5, 0.6) is 0 Å². The van der Waals surface area contributed by atoms with Crippen LogP contribution in [-0.2, 0) is 0 Å². The lowest BCUT2D eigenvalue weighted by atomic mass is 9.43. The number of fused-ring (bicyclic) bond motifs is 5. The first kappa shape index (κ1) is 22.9. The summed E-state index contributed by atoms with van der Waals surface area (Å²) in [5.41, 5.74) is 6.44. The summed E-state index contributed by atoms with van der Waals surface area (Å²) in [4.78, 5) is 4.44. The van der Waals surface area contributed by atoms with Gasteiger partial charge in [-0.15, -0.1) is 0 Å².